The number of nitriles is 1. The Morgan fingerprint density at radius 1 is 1.65 bits per heavy atom. The predicted molar refractivity (Wildman–Crippen MR) is 65.6 cm³/mol. The number of anilines is 2. The van der Waals surface area contributed by atoms with Crippen LogP contribution in [0.5, 0.6) is 0 Å². The van der Waals surface area contributed by atoms with Gasteiger partial charge in [-0.2, -0.15) is 10.2 Å². The van der Waals surface area contributed by atoms with Crippen LogP contribution in [0.4, 0.5) is 11.8 Å². The molecule has 1 N–H and O–H groups in total. The van der Waals surface area contributed by atoms with Gasteiger partial charge in [-0.15, -0.1) is 11.6 Å². The molecule has 0 aromatic carbocycles. The fraction of sp³-hybridized carbons (Fsp3) is 0.500. The third kappa shape index (κ3) is 3.36. The summed E-state index contributed by atoms with van der Waals surface area (Å²) < 4.78 is 4.87. The normalized spacial score (nSPS) is 11.7. The molecular formula is C10H13ClN4O2. The number of hydrogen-bond acceptors (Lipinski definition) is 6. The maximum Gasteiger partial charge on any atom is 0.360 e. The van der Waals surface area contributed by atoms with Crippen LogP contribution in [-0.2, 0) is 0 Å². The number of halogens is 1. The van der Waals surface area contributed by atoms with Gasteiger partial charge in [0.25, 0.3) is 0 Å². The zero-order valence-electron chi connectivity index (χ0n) is 9.82. The Bertz CT molecular complexity index is 490. The molecule has 0 bridgehead atoms. The van der Waals surface area contributed by atoms with Gasteiger partial charge in [0.15, 0.2) is 11.4 Å². The molecular weight excluding hydrogens is 244 g/mol. The van der Waals surface area contributed by atoms with Gasteiger partial charge < -0.3 is 14.6 Å². The molecule has 0 aliphatic heterocycles. The van der Waals surface area contributed by atoms with Crippen molar-refractivity contribution in [2.24, 2.45) is 0 Å². The Labute approximate surface area is 104 Å². The first-order valence-corrected chi connectivity index (χ1v) is 5.40. The van der Waals surface area contributed by atoms with Gasteiger partial charge in [0.1, 0.15) is 6.07 Å². The van der Waals surface area contributed by atoms with Crippen molar-refractivity contribution < 1.29 is 4.42 Å². The molecule has 1 unspecified atom stereocenters. The van der Waals surface area contributed by atoms with E-state index >= 15 is 0 Å². The van der Waals surface area contributed by atoms with E-state index < -0.39 is 5.63 Å². The SMILES string of the molecule is CC(Cl)CNc1nc(N(C)C)oc(=O)c1C#N. The third-order valence-electron chi connectivity index (χ3n) is 1.88. The van der Waals surface area contributed by atoms with Gasteiger partial charge in [0.05, 0.1) is 0 Å². The van der Waals surface area contributed by atoms with E-state index in [9.17, 15) is 4.79 Å². The van der Waals surface area contributed by atoms with Gasteiger partial charge in [-0.25, -0.2) is 4.79 Å². The Morgan fingerprint density at radius 2 is 2.29 bits per heavy atom. The summed E-state index contributed by atoms with van der Waals surface area (Å²) in [4.78, 5) is 17.1. The standard InChI is InChI=1S/C10H13ClN4O2/c1-6(11)5-13-8-7(4-12)9(16)17-10(14-8)15(2)3/h6,13H,5H2,1-3H3. The van der Waals surface area contributed by atoms with Crippen LogP contribution in [0.2, 0.25) is 0 Å². The highest BCUT2D eigenvalue weighted by Gasteiger charge is 2.14. The molecule has 0 radical (unpaired) electrons. The van der Waals surface area contributed by atoms with Crippen molar-refractivity contribution in [2.75, 3.05) is 30.9 Å². The summed E-state index contributed by atoms with van der Waals surface area (Å²) in [6, 6.07) is 1.90. The molecule has 1 aromatic heterocycles. The zero-order valence-corrected chi connectivity index (χ0v) is 10.6. The first-order chi connectivity index (χ1) is 7.95. The van der Waals surface area contributed by atoms with E-state index in [1.165, 1.54) is 4.90 Å². The molecule has 0 aliphatic carbocycles. The number of aromatic nitrogens is 1. The summed E-state index contributed by atoms with van der Waals surface area (Å²) in [5.41, 5.74) is -0.858. The molecule has 0 saturated carbocycles. The molecule has 0 spiro atoms. The second kappa shape index (κ2) is 5.55. The van der Waals surface area contributed by atoms with Crippen LogP contribution >= 0.6 is 11.6 Å². The van der Waals surface area contributed by atoms with E-state index in [0.717, 1.165) is 0 Å². The lowest BCUT2D eigenvalue weighted by molar-refractivity contribution is 0.491. The highest BCUT2D eigenvalue weighted by molar-refractivity contribution is 6.20. The molecule has 1 aromatic rings. The number of hydrogen-bond donors (Lipinski definition) is 1. The van der Waals surface area contributed by atoms with Crippen LogP contribution in [0.15, 0.2) is 9.21 Å². The summed E-state index contributed by atoms with van der Waals surface area (Å²) in [5.74, 6) is 0.194. The Kier molecular flexibility index (Phi) is 4.35. The van der Waals surface area contributed by atoms with Gasteiger partial charge in [-0.3, -0.25) is 0 Å². The maximum atomic E-state index is 11.5. The Morgan fingerprint density at radius 3 is 2.76 bits per heavy atom. The molecule has 0 fully saturated rings. The zero-order chi connectivity index (χ0) is 13.0. The van der Waals surface area contributed by atoms with Crippen LogP contribution in [-0.4, -0.2) is 31.0 Å². The molecule has 0 saturated heterocycles. The topological polar surface area (TPSA) is 82.2 Å². The fourth-order valence-electron chi connectivity index (χ4n) is 1.06. The molecule has 1 rings (SSSR count). The largest absolute Gasteiger partial charge is 0.388 e. The van der Waals surface area contributed by atoms with Crippen molar-refractivity contribution >= 4 is 23.4 Å². The van der Waals surface area contributed by atoms with Crippen LogP contribution in [0, 0.1) is 11.3 Å². The summed E-state index contributed by atoms with van der Waals surface area (Å²) in [7, 11) is 3.37. The van der Waals surface area contributed by atoms with E-state index in [2.05, 4.69) is 10.3 Å². The lowest BCUT2D eigenvalue weighted by Gasteiger charge is -2.12. The Hall–Kier alpha value is -1.74. The van der Waals surface area contributed by atoms with Crippen molar-refractivity contribution in [3.8, 4) is 6.07 Å². The van der Waals surface area contributed by atoms with Crippen LogP contribution in [0.3, 0.4) is 0 Å². The van der Waals surface area contributed by atoms with Crippen molar-refractivity contribution in [3.63, 3.8) is 0 Å². The van der Waals surface area contributed by atoms with Gasteiger partial charge in [0, 0.05) is 26.0 Å². The minimum Gasteiger partial charge on any atom is -0.388 e. The molecule has 0 aliphatic rings. The molecule has 0 amide bonds. The summed E-state index contributed by atoms with van der Waals surface area (Å²) in [6.07, 6.45) is 0. The monoisotopic (exact) mass is 256 g/mol. The first kappa shape index (κ1) is 13.3. The molecule has 92 valence electrons. The van der Waals surface area contributed by atoms with Crippen molar-refractivity contribution in [1.29, 1.82) is 5.26 Å². The second-order valence-corrected chi connectivity index (χ2v) is 4.42. The second-order valence-electron chi connectivity index (χ2n) is 3.68. The van der Waals surface area contributed by atoms with E-state index in [1.807, 2.05) is 0 Å². The smallest absolute Gasteiger partial charge is 0.360 e. The van der Waals surface area contributed by atoms with Gasteiger partial charge in [-0.1, -0.05) is 0 Å². The summed E-state index contributed by atoms with van der Waals surface area (Å²) in [5, 5.41) is 11.6. The minimum absolute atomic E-state index is 0.138. The van der Waals surface area contributed by atoms with E-state index in [-0.39, 0.29) is 22.8 Å². The van der Waals surface area contributed by atoms with E-state index in [1.54, 1.807) is 27.1 Å². The fourth-order valence-corrected chi connectivity index (χ4v) is 1.14. The van der Waals surface area contributed by atoms with Crippen molar-refractivity contribution in [2.45, 2.75) is 12.3 Å². The average molecular weight is 257 g/mol. The quantitative estimate of drug-likeness (QED) is 0.810. The molecule has 1 atom stereocenters. The highest BCUT2D eigenvalue weighted by atomic mass is 35.5. The predicted octanol–water partition coefficient (Wildman–Crippen LogP) is 1.01. The lowest BCUT2D eigenvalue weighted by Crippen LogP contribution is -2.20. The van der Waals surface area contributed by atoms with Gasteiger partial charge in [-0.05, 0) is 6.92 Å². The van der Waals surface area contributed by atoms with Gasteiger partial charge in [0.2, 0.25) is 0 Å². The molecule has 17 heavy (non-hydrogen) atoms. The van der Waals surface area contributed by atoms with Gasteiger partial charge >= 0.3 is 11.6 Å². The average Bonchev–Trinajstić information content (AvgIpc) is 2.25. The number of rotatable bonds is 4. The van der Waals surface area contributed by atoms with Crippen molar-refractivity contribution in [3.05, 3.63) is 16.0 Å². The number of nitrogens with one attached hydrogen (secondary N) is 1. The maximum absolute atomic E-state index is 11.5. The molecule has 7 heteroatoms. The lowest BCUT2D eigenvalue weighted by atomic mass is 10.3. The highest BCUT2D eigenvalue weighted by Crippen LogP contribution is 2.13. The summed E-state index contributed by atoms with van der Waals surface area (Å²) in [6.45, 7) is 2.19. The molecule has 1 heterocycles. The third-order valence-corrected chi connectivity index (χ3v) is 2.03. The van der Waals surface area contributed by atoms with E-state index in [0.29, 0.717) is 6.54 Å². The van der Waals surface area contributed by atoms with Crippen LogP contribution in [0.1, 0.15) is 12.5 Å². The van der Waals surface area contributed by atoms with E-state index in [4.69, 9.17) is 21.3 Å². The summed E-state index contributed by atoms with van der Waals surface area (Å²) >= 11 is 5.78. The number of alkyl halides is 1. The van der Waals surface area contributed by atoms with Crippen molar-refractivity contribution in [1.82, 2.24) is 4.98 Å². The number of nitrogens with zero attached hydrogens (tertiary/aromatic N) is 3. The Balaban J connectivity index is 3.16. The minimum atomic E-state index is -0.712. The molecule has 6 nitrogen and oxygen atoms in total. The van der Waals surface area contributed by atoms with Crippen LogP contribution in [0.25, 0.3) is 0 Å². The first-order valence-electron chi connectivity index (χ1n) is 4.96. The van der Waals surface area contributed by atoms with Crippen LogP contribution < -0.4 is 15.8 Å².